The van der Waals surface area contributed by atoms with Crippen molar-refractivity contribution in [1.29, 1.82) is 0 Å². The van der Waals surface area contributed by atoms with Crippen LogP contribution in [0.15, 0.2) is 60.1 Å². The predicted octanol–water partition coefficient (Wildman–Crippen LogP) is 2.35. The first-order valence-corrected chi connectivity index (χ1v) is 7.32. The van der Waals surface area contributed by atoms with E-state index in [0.29, 0.717) is 5.82 Å². The lowest BCUT2D eigenvalue weighted by Gasteiger charge is -2.22. The highest BCUT2D eigenvalue weighted by atomic mass is 16.5. The van der Waals surface area contributed by atoms with Crippen molar-refractivity contribution in [2.45, 2.75) is 13.8 Å². The summed E-state index contributed by atoms with van der Waals surface area (Å²) in [6, 6.07) is 5.29. The summed E-state index contributed by atoms with van der Waals surface area (Å²) >= 11 is 0. The van der Waals surface area contributed by atoms with E-state index in [2.05, 4.69) is 4.98 Å². The van der Waals surface area contributed by atoms with Crippen molar-refractivity contribution >= 4 is 17.8 Å². The van der Waals surface area contributed by atoms with Gasteiger partial charge in [-0.15, -0.1) is 0 Å². The quantitative estimate of drug-likeness (QED) is 0.777. The van der Waals surface area contributed by atoms with E-state index in [1.165, 1.54) is 11.0 Å². The predicted molar refractivity (Wildman–Crippen MR) is 85.3 cm³/mol. The van der Waals surface area contributed by atoms with Gasteiger partial charge in [-0.1, -0.05) is 12.1 Å². The van der Waals surface area contributed by atoms with Crippen LogP contribution in [-0.4, -0.2) is 30.1 Å². The van der Waals surface area contributed by atoms with E-state index >= 15 is 0 Å². The van der Waals surface area contributed by atoms with Gasteiger partial charge in [0.1, 0.15) is 11.5 Å². The molecule has 0 aromatic carbocycles. The second-order valence-corrected chi connectivity index (χ2v) is 4.46. The van der Waals surface area contributed by atoms with Crippen LogP contribution in [0.1, 0.15) is 13.8 Å². The van der Waals surface area contributed by atoms with Crippen LogP contribution in [0.5, 0.6) is 0 Å². The molecular formula is C17H18N2O4. The van der Waals surface area contributed by atoms with Gasteiger partial charge in [0.05, 0.1) is 18.8 Å². The summed E-state index contributed by atoms with van der Waals surface area (Å²) in [5.74, 6) is -0.703. The smallest absolute Gasteiger partial charge is 0.356 e. The van der Waals surface area contributed by atoms with Crippen LogP contribution in [0.3, 0.4) is 0 Å². The van der Waals surface area contributed by atoms with Crippen LogP contribution in [0.25, 0.3) is 0 Å². The number of allylic oxidation sites excluding steroid dienone is 2. The van der Waals surface area contributed by atoms with Crippen LogP contribution in [-0.2, 0) is 19.1 Å². The fraction of sp³-hybridized carbons (Fsp3) is 0.235. The summed E-state index contributed by atoms with van der Waals surface area (Å²) in [4.78, 5) is 30.4. The number of pyridine rings is 1. The molecule has 0 aliphatic carbocycles. The normalized spacial score (nSPS) is 13.7. The maximum atomic E-state index is 12.4. The molecule has 6 heteroatoms. The average molecular weight is 314 g/mol. The van der Waals surface area contributed by atoms with Gasteiger partial charge in [-0.3, -0.25) is 4.90 Å². The standard InChI is InChI=1S/C17H18N2O4/c1-3-22-16(20)13-9-6-8-12-19(14-10-5-7-11-18-14)15(13)17(21)23-4-2/h5-12H,3-4H2,1-2H3. The highest BCUT2D eigenvalue weighted by Crippen LogP contribution is 2.24. The van der Waals surface area contributed by atoms with Crippen LogP contribution in [0.2, 0.25) is 0 Å². The monoisotopic (exact) mass is 314 g/mol. The summed E-state index contributed by atoms with van der Waals surface area (Å²) in [5, 5.41) is 0. The Morgan fingerprint density at radius 2 is 1.83 bits per heavy atom. The molecule has 1 aliphatic rings. The van der Waals surface area contributed by atoms with E-state index in [1.807, 2.05) is 0 Å². The largest absolute Gasteiger partial charge is 0.462 e. The topological polar surface area (TPSA) is 68.7 Å². The van der Waals surface area contributed by atoms with Crippen molar-refractivity contribution in [3.63, 3.8) is 0 Å². The van der Waals surface area contributed by atoms with Gasteiger partial charge in [-0.05, 0) is 38.1 Å². The molecule has 2 rings (SSSR count). The minimum absolute atomic E-state index is 0.0778. The Kier molecular flexibility index (Phi) is 5.68. The van der Waals surface area contributed by atoms with Gasteiger partial charge >= 0.3 is 11.9 Å². The first kappa shape index (κ1) is 16.5. The molecule has 0 radical (unpaired) electrons. The Labute approximate surface area is 134 Å². The van der Waals surface area contributed by atoms with E-state index in [1.54, 1.807) is 56.6 Å². The van der Waals surface area contributed by atoms with Crippen molar-refractivity contribution in [3.05, 3.63) is 60.1 Å². The number of aromatic nitrogens is 1. The zero-order valence-electron chi connectivity index (χ0n) is 13.1. The van der Waals surface area contributed by atoms with E-state index in [9.17, 15) is 9.59 Å². The molecule has 0 saturated carbocycles. The molecule has 1 aromatic rings. The van der Waals surface area contributed by atoms with Gasteiger partial charge in [0.2, 0.25) is 0 Å². The number of nitrogens with zero attached hydrogens (tertiary/aromatic N) is 2. The number of rotatable bonds is 5. The molecule has 23 heavy (non-hydrogen) atoms. The summed E-state index contributed by atoms with van der Waals surface area (Å²) in [6.45, 7) is 3.82. The molecule has 1 aliphatic heterocycles. The molecule has 120 valence electrons. The number of anilines is 1. The van der Waals surface area contributed by atoms with Gasteiger partial charge in [0, 0.05) is 12.4 Å². The molecule has 6 nitrogen and oxygen atoms in total. The third-order valence-electron chi connectivity index (χ3n) is 2.97. The fourth-order valence-electron chi connectivity index (χ4n) is 2.04. The van der Waals surface area contributed by atoms with Crippen molar-refractivity contribution in [2.75, 3.05) is 18.1 Å². The molecule has 1 aromatic heterocycles. The lowest BCUT2D eigenvalue weighted by molar-refractivity contribution is -0.141. The lowest BCUT2D eigenvalue weighted by atomic mass is 10.1. The van der Waals surface area contributed by atoms with Crippen molar-refractivity contribution < 1.29 is 19.1 Å². The highest BCUT2D eigenvalue weighted by Gasteiger charge is 2.28. The molecule has 0 saturated heterocycles. The van der Waals surface area contributed by atoms with Gasteiger partial charge in [0.15, 0.2) is 0 Å². The molecular weight excluding hydrogens is 296 g/mol. The molecule has 0 fully saturated rings. The Balaban J connectivity index is 2.56. The van der Waals surface area contributed by atoms with Crippen LogP contribution >= 0.6 is 0 Å². The zero-order chi connectivity index (χ0) is 16.7. The van der Waals surface area contributed by atoms with Crippen LogP contribution in [0.4, 0.5) is 5.82 Å². The second-order valence-electron chi connectivity index (χ2n) is 4.46. The molecule has 2 heterocycles. The van der Waals surface area contributed by atoms with Crippen molar-refractivity contribution in [1.82, 2.24) is 4.98 Å². The van der Waals surface area contributed by atoms with Crippen LogP contribution < -0.4 is 4.90 Å². The Morgan fingerprint density at radius 1 is 1.09 bits per heavy atom. The van der Waals surface area contributed by atoms with E-state index < -0.39 is 11.9 Å². The third-order valence-corrected chi connectivity index (χ3v) is 2.97. The van der Waals surface area contributed by atoms with Gasteiger partial charge < -0.3 is 9.47 Å². The van der Waals surface area contributed by atoms with E-state index in [4.69, 9.17) is 9.47 Å². The van der Waals surface area contributed by atoms with Gasteiger partial charge in [0.25, 0.3) is 0 Å². The van der Waals surface area contributed by atoms with E-state index in [-0.39, 0.29) is 24.5 Å². The second kappa shape index (κ2) is 7.93. The Morgan fingerprint density at radius 3 is 2.48 bits per heavy atom. The number of hydrogen-bond acceptors (Lipinski definition) is 6. The number of carbonyl (C=O) groups is 2. The maximum Gasteiger partial charge on any atom is 0.356 e. The summed E-state index contributed by atoms with van der Waals surface area (Å²) in [7, 11) is 0. The van der Waals surface area contributed by atoms with Crippen LogP contribution in [0, 0.1) is 0 Å². The summed E-state index contributed by atoms with van der Waals surface area (Å²) in [6.07, 6.45) is 8.16. The number of carbonyl (C=O) groups excluding carboxylic acids is 2. The van der Waals surface area contributed by atoms with E-state index in [0.717, 1.165) is 0 Å². The molecule has 0 unspecified atom stereocenters. The molecule has 0 spiro atoms. The van der Waals surface area contributed by atoms with Crippen molar-refractivity contribution in [3.8, 4) is 0 Å². The molecule has 0 atom stereocenters. The number of ether oxygens (including phenoxy) is 2. The molecule has 0 bridgehead atoms. The minimum atomic E-state index is -0.614. The average Bonchev–Trinajstić information content (AvgIpc) is 2.79. The SMILES string of the molecule is CCOC(=O)C1=C(C(=O)OCC)N(c2ccccn2)C=CC=C1. The third kappa shape index (κ3) is 3.85. The molecule has 0 amide bonds. The summed E-state index contributed by atoms with van der Waals surface area (Å²) < 4.78 is 10.2. The Bertz CT molecular complexity index is 662. The Hall–Kier alpha value is -2.89. The van der Waals surface area contributed by atoms with Crippen molar-refractivity contribution in [2.24, 2.45) is 0 Å². The minimum Gasteiger partial charge on any atom is -0.462 e. The first-order chi connectivity index (χ1) is 11.2. The van der Waals surface area contributed by atoms with Gasteiger partial charge in [-0.25, -0.2) is 14.6 Å². The molecule has 0 N–H and O–H groups in total. The lowest BCUT2D eigenvalue weighted by Crippen LogP contribution is -2.28. The number of hydrogen-bond donors (Lipinski definition) is 0. The fourth-order valence-corrected chi connectivity index (χ4v) is 2.04. The maximum absolute atomic E-state index is 12.4. The zero-order valence-corrected chi connectivity index (χ0v) is 13.1. The highest BCUT2D eigenvalue weighted by molar-refractivity contribution is 6.05. The number of esters is 2. The van der Waals surface area contributed by atoms with Gasteiger partial charge in [-0.2, -0.15) is 0 Å². The summed E-state index contributed by atoms with van der Waals surface area (Å²) in [5.41, 5.74) is 0.204. The first-order valence-electron chi connectivity index (χ1n) is 7.32.